The van der Waals surface area contributed by atoms with E-state index >= 15 is 0 Å². The summed E-state index contributed by atoms with van der Waals surface area (Å²) < 4.78 is 18.2. The second-order valence-electron chi connectivity index (χ2n) is 10.9. The Bertz CT molecular complexity index is 1670. The SMILES string of the molecule is C#Cc1cc(C(=O)OC)cc2sc(N3C4CCC3CC(OCc3c(-c5c(Cl)cccc5Cl)noc3C3CC3)C4)nc12. The maximum atomic E-state index is 12.2. The Morgan fingerprint density at radius 2 is 1.90 bits per heavy atom. The summed E-state index contributed by atoms with van der Waals surface area (Å²) in [7, 11) is 1.37. The fourth-order valence-electron chi connectivity index (χ4n) is 6.30. The Morgan fingerprint density at radius 3 is 2.56 bits per heavy atom. The Morgan fingerprint density at radius 1 is 1.17 bits per heavy atom. The number of carbonyl (C=O) groups excluding carboxylic acids is 1. The Labute approximate surface area is 251 Å². The van der Waals surface area contributed by atoms with Crippen molar-refractivity contribution in [1.82, 2.24) is 10.1 Å². The molecule has 2 atom stereocenters. The summed E-state index contributed by atoms with van der Waals surface area (Å²) in [5.41, 5.74) is 4.11. The summed E-state index contributed by atoms with van der Waals surface area (Å²) in [5, 5.41) is 6.43. The van der Waals surface area contributed by atoms with E-state index in [-0.39, 0.29) is 6.10 Å². The molecule has 2 aromatic carbocycles. The van der Waals surface area contributed by atoms with Gasteiger partial charge in [-0.2, -0.15) is 0 Å². The van der Waals surface area contributed by atoms with E-state index < -0.39 is 5.97 Å². The molecule has 2 aromatic heterocycles. The number of hydrogen-bond acceptors (Lipinski definition) is 8. The number of benzene rings is 2. The lowest BCUT2D eigenvalue weighted by Gasteiger charge is -2.38. The molecule has 7 nitrogen and oxygen atoms in total. The Kier molecular flexibility index (Phi) is 6.95. The lowest BCUT2D eigenvalue weighted by atomic mass is 10.00. The van der Waals surface area contributed by atoms with Crippen LogP contribution in [0.25, 0.3) is 21.5 Å². The number of terminal acetylenes is 1. The topological polar surface area (TPSA) is 77.7 Å². The van der Waals surface area contributed by atoms with Crippen molar-refractivity contribution in [2.75, 3.05) is 12.0 Å². The highest BCUT2D eigenvalue weighted by Crippen LogP contribution is 2.47. The lowest BCUT2D eigenvalue weighted by Crippen LogP contribution is -2.45. The van der Waals surface area contributed by atoms with Crippen molar-refractivity contribution in [2.24, 2.45) is 0 Å². The van der Waals surface area contributed by atoms with E-state index in [1.54, 1.807) is 17.4 Å². The van der Waals surface area contributed by atoms with Gasteiger partial charge in [0.2, 0.25) is 0 Å². The van der Waals surface area contributed by atoms with Gasteiger partial charge < -0.3 is 18.9 Å². The van der Waals surface area contributed by atoms with Crippen molar-refractivity contribution in [1.29, 1.82) is 0 Å². The largest absolute Gasteiger partial charge is 0.465 e. The summed E-state index contributed by atoms with van der Waals surface area (Å²) in [6, 6.07) is 9.59. The first kappa shape index (κ1) is 26.8. The fourth-order valence-corrected chi connectivity index (χ4v) is 8.05. The molecule has 0 N–H and O–H groups in total. The van der Waals surface area contributed by atoms with Crippen LogP contribution in [0.1, 0.15) is 71.7 Å². The number of aromatic nitrogens is 2. The van der Waals surface area contributed by atoms with Gasteiger partial charge in [-0.15, -0.1) is 6.42 Å². The zero-order valence-corrected chi connectivity index (χ0v) is 24.7. The summed E-state index contributed by atoms with van der Waals surface area (Å²) in [6.45, 7) is 0.402. The molecule has 1 aliphatic carbocycles. The number of ether oxygens (including phenoxy) is 2. The van der Waals surface area contributed by atoms with Gasteiger partial charge in [0.05, 0.1) is 51.2 Å². The fraction of sp³-hybridized carbons (Fsp3) is 0.387. The molecule has 3 fully saturated rings. The number of halogens is 2. The average Bonchev–Trinajstić information content (AvgIpc) is 3.50. The van der Waals surface area contributed by atoms with Crippen LogP contribution < -0.4 is 4.90 Å². The molecule has 4 aromatic rings. The molecule has 7 rings (SSSR count). The molecular formula is C31H27Cl2N3O4S. The van der Waals surface area contributed by atoms with E-state index in [9.17, 15) is 4.79 Å². The van der Waals surface area contributed by atoms with E-state index in [4.69, 9.17) is 48.6 Å². The van der Waals surface area contributed by atoms with E-state index in [2.05, 4.69) is 16.0 Å². The van der Waals surface area contributed by atoms with Gasteiger partial charge in [-0.05, 0) is 62.8 Å². The van der Waals surface area contributed by atoms with Crippen LogP contribution in [0.4, 0.5) is 5.13 Å². The van der Waals surface area contributed by atoms with Crippen molar-refractivity contribution in [3.8, 4) is 23.6 Å². The number of carbonyl (C=O) groups is 1. The zero-order chi connectivity index (χ0) is 28.2. The van der Waals surface area contributed by atoms with Gasteiger partial charge in [0, 0.05) is 29.1 Å². The Balaban J connectivity index is 1.11. The average molecular weight is 609 g/mol. The third-order valence-corrected chi connectivity index (χ3v) is 10.0. The number of anilines is 1. The van der Waals surface area contributed by atoms with E-state index in [0.29, 0.717) is 57.0 Å². The van der Waals surface area contributed by atoms with Crippen LogP contribution in [0.2, 0.25) is 10.0 Å². The molecular weight excluding hydrogens is 581 g/mol. The molecule has 3 aliphatic rings. The predicted molar refractivity (Wildman–Crippen MR) is 160 cm³/mol. The number of nitrogens with zero attached hydrogens (tertiary/aromatic N) is 3. The molecule has 0 amide bonds. The van der Waals surface area contributed by atoms with E-state index in [1.165, 1.54) is 7.11 Å². The molecule has 2 unspecified atom stereocenters. The predicted octanol–water partition coefficient (Wildman–Crippen LogP) is 7.62. The second kappa shape index (κ2) is 10.6. The highest BCUT2D eigenvalue weighted by atomic mass is 35.5. The molecule has 4 heterocycles. The molecule has 2 saturated heterocycles. The number of thiazole rings is 1. The number of methoxy groups -OCH3 is 1. The number of hydrogen-bond donors (Lipinski definition) is 0. The molecule has 2 aliphatic heterocycles. The minimum Gasteiger partial charge on any atom is -0.465 e. The first-order valence-electron chi connectivity index (χ1n) is 13.8. The van der Waals surface area contributed by atoms with E-state index in [1.807, 2.05) is 24.3 Å². The van der Waals surface area contributed by atoms with Gasteiger partial charge in [0.15, 0.2) is 5.13 Å². The maximum absolute atomic E-state index is 12.2. The van der Waals surface area contributed by atoms with Crippen LogP contribution in [0, 0.1) is 12.3 Å². The van der Waals surface area contributed by atoms with Crippen molar-refractivity contribution < 1.29 is 18.8 Å². The van der Waals surface area contributed by atoms with Gasteiger partial charge in [-0.25, -0.2) is 9.78 Å². The summed E-state index contributed by atoms with van der Waals surface area (Å²) >= 11 is 14.7. The minimum absolute atomic E-state index is 0.0989. The molecule has 10 heteroatoms. The quantitative estimate of drug-likeness (QED) is 0.158. The van der Waals surface area contributed by atoms with Crippen molar-refractivity contribution in [3.05, 3.63) is 62.8 Å². The minimum atomic E-state index is -0.408. The molecule has 0 radical (unpaired) electrons. The van der Waals surface area contributed by atoms with Gasteiger partial charge in [-0.3, -0.25) is 0 Å². The van der Waals surface area contributed by atoms with Crippen molar-refractivity contribution in [2.45, 2.75) is 69.2 Å². The second-order valence-corrected chi connectivity index (χ2v) is 12.8. The van der Waals surface area contributed by atoms with Crippen LogP contribution in [0.5, 0.6) is 0 Å². The molecule has 0 spiro atoms. The van der Waals surface area contributed by atoms with Crippen LogP contribution in [0.15, 0.2) is 34.9 Å². The third kappa shape index (κ3) is 4.79. The smallest absolute Gasteiger partial charge is 0.337 e. The first-order chi connectivity index (χ1) is 19.9. The number of rotatable bonds is 7. The number of fused-ring (bicyclic) bond motifs is 3. The molecule has 41 heavy (non-hydrogen) atoms. The standard InChI is InChI=1S/C31H27Cl2N3O4S/c1-3-16-11-18(30(37)38-2)12-25-27(16)34-31(41-25)36-19-9-10-20(36)14-21(13-19)39-15-22-28(35-40-29(22)17-7-8-17)26-23(32)5-4-6-24(26)33/h1,4-6,11-12,17,19-21H,7-10,13-15H2,2H3. The highest BCUT2D eigenvalue weighted by Gasteiger charge is 2.43. The van der Waals surface area contributed by atoms with Crippen molar-refractivity contribution >= 4 is 55.9 Å². The summed E-state index contributed by atoms with van der Waals surface area (Å²) in [5.74, 6) is 3.55. The van der Waals surface area contributed by atoms with Crippen LogP contribution in [-0.4, -0.2) is 41.4 Å². The highest BCUT2D eigenvalue weighted by molar-refractivity contribution is 7.22. The molecule has 210 valence electrons. The monoisotopic (exact) mass is 607 g/mol. The lowest BCUT2D eigenvalue weighted by molar-refractivity contribution is 0.0147. The zero-order valence-electron chi connectivity index (χ0n) is 22.4. The summed E-state index contributed by atoms with van der Waals surface area (Å²) in [6.07, 6.45) is 12.0. The molecule has 2 bridgehead atoms. The normalized spacial score (nSPS) is 21.8. The Hall–Kier alpha value is -3.09. The summed E-state index contributed by atoms with van der Waals surface area (Å²) in [4.78, 5) is 19.6. The first-order valence-corrected chi connectivity index (χ1v) is 15.3. The van der Waals surface area contributed by atoms with Gasteiger partial charge in [0.1, 0.15) is 11.5 Å². The number of esters is 1. The van der Waals surface area contributed by atoms with Crippen molar-refractivity contribution in [3.63, 3.8) is 0 Å². The number of piperidine rings is 1. The van der Waals surface area contributed by atoms with E-state index in [0.717, 1.165) is 65.2 Å². The van der Waals surface area contributed by atoms with Crippen LogP contribution in [0.3, 0.4) is 0 Å². The molecule has 1 saturated carbocycles. The van der Waals surface area contributed by atoms with Crippen LogP contribution >= 0.6 is 34.5 Å². The third-order valence-electron chi connectivity index (χ3n) is 8.40. The van der Waals surface area contributed by atoms with Gasteiger partial charge in [0.25, 0.3) is 0 Å². The van der Waals surface area contributed by atoms with Gasteiger partial charge >= 0.3 is 5.97 Å². The van der Waals surface area contributed by atoms with Crippen LogP contribution in [-0.2, 0) is 16.1 Å². The van der Waals surface area contributed by atoms with Gasteiger partial charge in [-0.1, -0.05) is 51.7 Å². The maximum Gasteiger partial charge on any atom is 0.337 e.